The maximum atomic E-state index is 12.8. The lowest BCUT2D eigenvalue weighted by Gasteiger charge is -2.12. The standard InChI is InChI=1S/C19H16F3NO2S/c1-12-9-16(13-3-6-15(7-4-13)19(20,21)22)17(10-12)14-5-8-18(23-11-14)26(2,24)25/h3-12H,1-2H3. The molecule has 2 aromatic rings. The molecule has 3 rings (SSSR count). The molecule has 3 nitrogen and oxygen atoms in total. The first kappa shape index (κ1) is 18.4. The summed E-state index contributed by atoms with van der Waals surface area (Å²) in [4.78, 5) is 3.99. The number of rotatable bonds is 3. The molecule has 1 atom stereocenters. The quantitative estimate of drug-likeness (QED) is 0.782. The van der Waals surface area contributed by atoms with Crippen molar-refractivity contribution in [2.75, 3.05) is 6.26 Å². The van der Waals surface area contributed by atoms with Crippen LogP contribution < -0.4 is 0 Å². The summed E-state index contributed by atoms with van der Waals surface area (Å²) < 4.78 is 61.3. The summed E-state index contributed by atoms with van der Waals surface area (Å²) in [6.45, 7) is 1.97. The minimum atomic E-state index is -4.38. The largest absolute Gasteiger partial charge is 0.416 e. The molecule has 1 aliphatic rings. The van der Waals surface area contributed by atoms with Crippen molar-refractivity contribution >= 4 is 21.0 Å². The lowest BCUT2D eigenvalue weighted by atomic mass is 9.95. The highest BCUT2D eigenvalue weighted by atomic mass is 32.2. The maximum Gasteiger partial charge on any atom is 0.416 e. The number of allylic oxidation sites excluding steroid dienone is 4. The van der Waals surface area contributed by atoms with Crippen molar-refractivity contribution in [2.24, 2.45) is 5.92 Å². The van der Waals surface area contributed by atoms with E-state index in [0.717, 1.165) is 29.5 Å². The van der Waals surface area contributed by atoms with Crippen LogP contribution in [0, 0.1) is 5.92 Å². The Bertz CT molecular complexity index is 987. The van der Waals surface area contributed by atoms with Crippen LogP contribution in [0.1, 0.15) is 23.6 Å². The van der Waals surface area contributed by atoms with Gasteiger partial charge in [0.1, 0.15) is 0 Å². The van der Waals surface area contributed by atoms with Gasteiger partial charge in [-0.2, -0.15) is 13.2 Å². The Labute approximate surface area is 149 Å². The molecule has 1 aliphatic carbocycles. The van der Waals surface area contributed by atoms with E-state index in [-0.39, 0.29) is 10.9 Å². The highest BCUT2D eigenvalue weighted by Gasteiger charge is 2.30. The zero-order valence-corrected chi connectivity index (χ0v) is 14.9. The van der Waals surface area contributed by atoms with Gasteiger partial charge in [-0.1, -0.05) is 31.2 Å². The molecule has 0 saturated heterocycles. The number of sulfone groups is 1. The molecule has 0 N–H and O–H groups in total. The van der Waals surface area contributed by atoms with E-state index in [0.29, 0.717) is 11.1 Å². The van der Waals surface area contributed by atoms with Crippen molar-refractivity contribution in [1.29, 1.82) is 0 Å². The SMILES string of the molecule is CC1C=C(c2ccc(C(F)(F)F)cc2)C(c2ccc(S(C)(=O)=O)nc2)=C1. The van der Waals surface area contributed by atoms with E-state index in [9.17, 15) is 21.6 Å². The molecule has 0 amide bonds. The van der Waals surface area contributed by atoms with Crippen molar-refractivity contribution in [3.63, 3.8) is 0 Å². The molecule has 0 aliphatic heterocycles. The van der Waals surface area contributed by atoms with Crippen LogP contribution in [-0.2, 0) is 16.0 Å². The van der Waals surface area contributed by atoms with Crippen LogP contribution in [0.4, 0.5) is 13.2 Å². The van der Waals surface area contributed by atoms with E-state index in [1.807, 2.05) is 19.1 Å². The first-order chi connectivity index (χ1) is 12.1. The average Bonchev–Trinajstić information content (AvgIpc) is 2.95. The van der Waals surface area contributed by atoms with E-state index in [2.05, 4.69) is 4.98 Å². The smallest absolute Gasteiger partial charge is 0.244 e. The third kappa shape index (κ3) is 3.72. The zero-order valence-electron chi connectivity index (χ0n) is 14.1. The molecule has 0 radical (unpaired) electrons. The molecule has 1 heterocycles. The van der Waals surface area contributed by atoms with Gasteiger partial charge in [0.2, 0.25) is 0 Å². The Kier molecular flexibility index (Phi) is 4.52. The Morgan fingerprint density at radius 2 is 1.46 bits per heavy atom. The number of hydrogen-bond donors (Lipinski definition) is 0. The summed E-state index contributed by atoms with van der Waals surface area (Å²) in [7, 11) is -3.39. The lowest BCUT2D eigenvalue weighted by Crippen LogP contribution is -2.04. The summed E-state index contributed by atoms with van der Waals surface area (Å²) >= 11 is 0. The van der Waals surface area contributed by atoms with E-state index in [1.54, 1.807) is 6.07 Å². The molecular formula is C19H16F3NO2S. The Balaban J connectivity index is 1.96. The number of halogens is 3. The molecule has 0 saturated carbocycles. The minimum absolute atomic E-state index is 0.0204. The van der Waals surface area contributed by atoms with Gasteiger partial charge < -0.3 is 0 Å². The van der Waals surface area contributed by atoms with Gasteiger partial charge in [0.15, 0.2) is 14.9 Å². The lowest BCUT2D eigenvalue weighted by molar-refractivity contribution is -0.137. The number of benzene rings is 1. The predicted octanol–water partition coefficient (Wildman–Crippen LogP) is 4.62. The second kappa shape index (κ2) is 6.39. The second-order valence-electron chi connectivity index (χ2n) is 6.25. The number of alkyl halides is 3. The van der Waals surface area contributed by atoms with Crippen LogP contribution in [-0.4, -0.2) is 19.7 Å². The number of pyridine rings is 1. The Morgan fingerprint density at radius 1 is 0.923 bits per heavy atom. The van der Waals surface area contributed by atoms with E-state index in [4.69, 9.17) is 0 Å². The highest BCUT2D eigenvalue weighted by molar-refractivity contribution is 7.90. The topological polar surface area (TPSA) is 47.0 Å². The molecule has 26 heavy (non-hydrogen) atoms. The number of aromatic nitrogens is 1. The molecule has 1 aromatic carbocycles. The first-order valence-corrected chi connectivity index (χ1v) is 9.73. The highest BCUT2D eigenvalue weighted by Crippen LogP contribution is 2.39. The Morgan fingerprint density at radius 3 is 1.92 bits per heavy atom. The van der Waals surface area contributed by atoms with Crippen LogP contribution >= 0.6 is 0 Å². The molecule has 136 valence electrons. The van der Waals surface area contributed by atoms with Gasteiger partial charge in [0.05, 0.1) is 5.56 Å². The maximum absolute atomic E-state index is 12.8. The zero-order chi connectivity index (χ0) is 19.1. The normalized spacial score (nSPS) is 17.8. The molecule has 7 heteroatoms. The summed E-state index contributed by atoms with van der Waals surface area (Å²) in [6.07, 6.45) is 2.12. The summed E-state index contributed by atoms with van der Waals surface area (Å²) in [6, 6.07) is 8.09. The molecular weight excluding hydrogens is 363 g/mol. The van der Waals surface area contributed by atoms with Gasteiger partial charge in [-0.15, -0.1) is 0 Å². The molecule has 0 bridgehead atoms. The molecule has 0 fully saturated rings. The van der Waals surface area contributed by atoms with Crippen LogP contribution in [0.2, 0.25) is 0 Å². The van der Waals surface area contributed by atoms with Crippen LogP contribution in [0.25, 0.3) is 11.1 Å². The van der Waals surface area contributed by atoms with Crippen molar-refractivity contribution < 1.29 is 21.6 Å². The summed E-state index contributed by atoms with van der Waals surface area (Å²) in [5, 5.41) is -0.0204. The number of hydrogen-bond acceptors (Lipinski definition) is 3. The van der Waals surface area contributed by atoms with Gasteiger partial charge >= 0.3 is 6.18 Å². The van der Waals surface area contributed by atoms with E-state index >= 15 is 0 Å². The van der Waals surface area contributed by atoms with Crippen LogP contribution in [0.3, 0.4) is 0 Å². The molecule has 0 spiro atoms. The predicted molar refractivity (Wildman–Crippen MR) is 93.9 cm³/mol. The second-order valence-corrected chi connectivity index (χ2v) is 8.21. The molecule has 1 aromatic heterocycles. The summed E-state index contributed by atoms with van der Waals surface area (Å²) in [5.74, 6) is 0.108. The van der Waals surface area contributed by atoms with E-state index < -0.39 is 21.6 Å². The van der Waals surface area contributed by atoms with E-state index in [1.165, 1.54) is 24.4 Å². The van der Waals surface area contributed by atoms with Crippen molar-refractivity contribution in [2.45, 2.75) is 18.1 Å². The fraction of sp³-hybridized carbons (Fsp3) is 0.211. The summed E-state index contributed by atoms with van der Waals surface area (Å²) in [5.41, 5.74) is 2.32. The van der Waals surface area contributed by atoms with Gasteiger partial charge in [0, 0.05) is 18.0 Å². The number of nitrogens with zero attached hydrogens (tertiary/aromatic N) is 1. The van der Waals surface area contributed by atoms with Gasteiger partial charge in [-0.3, -0.25) is 0 Å². The average molecular weight is 379 g/mol. The van der Waals surface area contributed by atoms with Gasteiger partial charge in [-0.05, 0) is 46.9 Å². The fourth-order valence-electron chi connectivity index (χ4n) is 2.85. The van der Waals surface area contributed by atoms with Gasteiger partial charge in [0.25, 0.3) is 0 Å². The van der Waals surface area contributed by atoms with Gasteiger partial charge in [-0.25, -0.2) is 13.4 Å². The van der Waals surface area contributed by atoms with Crippen molar-refractivity contribution in [3.8, 4) is 0 Å². The van der Waals surface area contributed by atoms with Crippen LogP contribution in [0.5, 0.6) is 0 Å². The first-order valence-electron chi connectivity index (χ1n) is 7.84. The molecule has 1 unspecified atom stereocenters. The monoisotopic (exact) mass is 379 g/mol. The third-order valence-electron chi connectivity index (χ3n) is 4.10. The fourth-order valence-corrected chi connectivity index (χ4v) is 3.41. The van der Waals surface area contributed by atoms with Crippen molar-refractivity contribution in [1.82, 2.24) is 4.98 Å². The third-order valence-corrected chi connectivity index (χ3v) is 5.10. The Hall–Kier alpha value is -2.41. The van der Waals surface area contributed by atoms with Crippen molar-refractivity contribution in [3.05, 3.63) is 71.4 Å². The minimum Gasteiger partial charge on any atom is -0.244 e. The van der Waals surface area contributed by atoms with Crippen LogP contribution in [0.15, 0.2) is 59.8 Å².